The highest BCUT2D eigenvalue weighted by Crippen LogP contribution is 2.06. The molecule has 0 bridgehead atoms. The summed E-state index contributed by atoms with van der Waals surface area (Å²) < 4.78 is 10.1. The van der Waals surface area contributed by atoms with Gasteiger partial charge in [-0.3, -0.25) is 4.79 Å². The molecule has 1 fully saturated rings. The Labute approximate surface area is 106 Å². The van der Waals surface area contributed by atoms with Crippen molar-refractivity contribution in [3.8, 4) is 0 Å². The van der Waals surface area contributed by atoms with E-state index in [0.29, 0.717) is 0 Å². The summed E-state index contributed by atoms with van der Waals surface area (Å²) in [5.41, 5.74) is 0. The van der Waals surface area contributed by atoms with Gasteiger partial charge in [0.25, 0.3) is 0 Å². The van der Waals surface area contributed by atoms with Crippen LogP contribution in [0.25, 0.3) is 0 Å². The van der Waals surface area contributed by atoms with Crippen molar-refractivity contribution >= 4 is 11.9 Å². The summed E-state index contributed by atoms with van der Waals surface area (Å²) in [6, 6.07) is -1.03. The number of hydrogen-bond donors (Lipinski definition) is 3. The fourth-order valence-electron chi connectivity index (χ4n) is 1.73. The molecule has 104 valence electrons. The van der Waals surface area contributed by atoms with E-state index < -0.39 is 17.9 Å². The molecule has 1 unspecified atom stereocenters. The minimum atomic E-state index is -1.12. The number of ether oxygens (including phenoxy) is 2. The average Bonchev–Trinajstić information content (AvgIpc) is 2.37. The minimum Gasteiger partial charge on any atom is -0.480 e. The molecule has 0 aliphatic carbocycles. The number of piperidine rings is 1. The second-order valence-corrected chi connectivity index (χ2v) is 4.17. The van der Waals surface area contributed by atoms with Gasteiger partial charge < -0.3 is 25.2 Å². The van der Waals surface area contributed by atoms with Crippen molar-refractivity contribution in [2.45, 2.75) is 25.0 Å². The van der Waals surface area contributed by atoms with Gasteiger partial charge in [0, 0.05) is 7.11 Å². The molecule has 1 saturated heterocycles. The summed E-state index contributed by atoms with van der Waals surface area (Å²) in [4.78, 5) is 22.3. The SMILES string of the molecule is COCC(NC(=O)COC1CCNCC1)C(=O)O. The number of amides is 1. The number of aliphatic carboxylic acids is 1. The normalized spacial score (nSPS) is 18.3. The smallest absolute Gasteiger partial charge is 0.328 e. The van der Waals surface area contributed by atoms with Gasteiger partial charge in [0.15, 0.2) is 6.04 Å². The summed E-state index contributed by atoms with van der Waals surface area (Å²) in [5, 5.41) is 14.4. The maximum Gasteiger partial charge on any atom is 0.328 e. The van der Waals surface area contributed by atoms with Crippen molar-refractivity contribution in [2.75, 3.05) is 33.4 Å². The molecule has 1 aliphatic rings. The largest absolute Gasteiger partial charge is 0.480 e. The van der Waals surface area contributed by atoms with Gasteiger partial charge in [0.2, 0.25) is 5.91 Å². The van der Waals surface area contributed by atoms with Crippen LogP contribution in [0.3, 0.4) is 0 Å². The molecule has 0 aromatic rings. The molecule has 1 rings (SSSR count). The van der Waals surface area contributed by atoms with Crippen LogP contribution in [0.1, 0.15) is 12.8 Å². The van der Waals surface area contributed by atoms with Crippen LogP contribution in [0.5, 0.6) is 0 Å². The molecule has 0 aromatic heterocycles. The lowest BCUT2D eigenvalue weighted by Crippen LogP contribution is -2.46. The summed E-state index contributed by atoms with van der Waals surface area (Å²) >= 11 is 0. The molecule has 1 aliphatic heterocycles. The van der Waals surface area contributed by atoms with E-state index in [4.69, 9.17) is 14.6 Å². The molecule has 18 heavy (non-hydrogen) atoms. The fraction of sp³-hybridized carbons (Fsp3) is 0.818. The first-order chi connectivity index (χ1) is 8.63. The third kappa shape index (κ3) is 5.44. The maximum atomic E-state index is 11.5. The van der Waals surface area contributed by atoms with Gasteiger partial charge in [-0.05, 0) is 25.9 Å². The molecule has 0 spiro atoms. The number of hydrogen-bond acceptors (Lipinski definition) is 5. The quantitative estimate of drug-likeness (QED) is 0.541. The van der Waals surface area contributed by atoms with Gasteiger partial charge in [0.05, 0.1) is 12.7 Å². The first-order valence-corrected chi connectivity index (χ1v) is 5.97. The van der Waals surface area contributed by atoms with Crippen molar-refractivity contribution in [3.05, 3.63) is 0 Å². The van der Waals surface area contributed by atoms with Gasteiger partial charge in [-0.1, -0.05) is 0 Å². The zero-order valence-electron chi connectivity index (χ0n) is 10.5. The number of rotatable bonds is 7. The summed E-state index contributed by atoms with van der Waals surface area (Å²) in [6.07, 6.45) is 1.81. The highest BCUT2D eigenvalue weighted by molar-refractivity contribution is 5.84. The lowest BCUT2D eigenvalue weighted by atomic mass is 10.1. The predicted octanol–water partition coefficient (Wildman–Crippen LogP) is -1.03. The fourth-order valence-corrected chi connectivity index (χ4v) is 1.73. The molecule has 0 saturated carbocycles. The average molecular weight is 260 g/mol. The highest BCUT2D eigenvalue weighted by Gasteiger charge is 2.21. The molecule has 7 nitrogen and oxygen atoms in total. The van der Waals surface area contributed by atoms with E-state index in [2.05, 4.69) is 10.6 Å². The Morgan fingerprint density at radius 1 is 1.44 bits per heavy atom. The molecular weight excluding hydrogens is 240 g/mol. The van der Waals surface area contributed by atoms with Gasteiger partial charge in [-0.2, -0.15) is 0 Å². The zero-order chi connectivity index (χ0) is 13.4. The maximum absolute atomic E-state index is 11.5. The molecule has 0 aromatic carbocycles. The first kappa shape index (κ1) is 14.9. The van der Waals surface area contributed by atoms with E-state index in [1.165, 1.54) is 7.11 Å². The van der Waals surface area contributed by atoms with Gasteiger partial charge in [-0.25, -0.2) is 4.79 Å². The lowest BCUT2D eigenvalue weighted by Gasteiger charge is -2.23. The van der Waals surface area contributed by atoms with Crippen LogP contribution in [0.4, 0.5) is 0 Å². The van der Waals surface area contributed by atoms with E-state index in [0.717, 1.165) is 25.9 Å². The van der Waals surface area contributed by atoms with Crippen LogP contribution in [0.2, 0.25) is 0 Å². The van der Waals surface area contributed by atoms with E-state index >= 15 is 0 Å². The summed E-state index contributed by atoms with van der Waals surface area (Å²) in [6.45, 7) is 1.59. The van der Waals surface area contributed by atoms with E-state index in [1.807, 2.05) is 0 Å². The van der Waals surface area contributed by atoms with Gasteiger partial charge in [0.1, 0.15) is 6.61 Å². The second-order valence-electron chi connectivity index (χ2n) is 4.17. The Morgan fingerprint density at radius 2 is 2.11 bits per heavy atom. The Balaban J connectivity index is 2.24. The van der Waals surface area contributed by atoms with E-state index in [-0.39, 0.29) is 19.3 Å². The van der Waals surface area contributed by atoms with Crippen molar-refractivity contribution in [3.63, 3.8) is 0 Å². The molecule has 1 atom stereocenters. The molecule has 1 heterocycles. The zero-order valence-corrected chi connectivity index (χ0v) is 10.5. The van der Waals surface area contributed by atoms with Crippen molar-refractivity contribution in [2.24, 2.45) is 0 Å². The molecule has 1 amide bonds. The number of carboxylic acids is 1. The number of nitrogens with one attached hydrogen (secondary N) is 2. The number of carbonyl (C=O) groups excluding carboxylic acids is 1. The van der Waals surface area contributed by atoms with Crippen LogP contribution >= 0.6 is 0 Å². The Kier molecular flexibility index (Phi) is 6.63. The van der Waals surface area contributed by atoms with Crippen molar-refractivity contribution in [1.82, 2.24) is 10.6 Å². The monoisotopic (exact) mass is 260 g/mol. The van der Waals surface area contributed by atoms with Crippen LogP contribution in [-0.2, 0) is 19.1 Å². The predicted molar refractivity (Wildman–Crippen MR) is 63.3 cm³/mol. The molecule has 7 heteroatoms. The highest BCUT2D eigenvalue weighted by atomic mass is 16.5. The van der Waals surface area contributed by atoms with E-state index in [9.17, 15) is 9.59 Å². The van der Waals surface area contributed by atoms with E-state index in [1.54, 1.807) is 0 Å². The number of methoxy groups -OCH3 is 1. The van der Waals surface area contributed by atoms with Crippen LogP contribution in [-0.4, -0.2) is 62.5 Å². The topological polar surface area (TPSA) is 96.9 Å². The van der Waals surface area contributed by atoms with Crippen LogP contribution in [0, 0.1) is 0 Å². The van der Waals surface area contributed by atoms with Crippen LogP contribution < -0.4 is 10.6 Å². The van der Waals surface area contributed by atoms with Crippen molar-refractivity contribution < 1.29 is 24.2 Å². The van der Waals surface area contributed by atoms with Crippen LogP contribution in [0.15, 0.2) is 0 Å². The first-order valence-electron chi connectivity index (χ1n) is 5.97. The standard InChI is InChI=1S/C11H20N2O5/c1-17-6-9(11(15)16)13-10(14)7-18-8-2-4-12-5-3-8/h8-9,12H,2-7H2,1H3,(H,13,14)(H,15,16). The molecular formula is C11H20N2O5. The van der Waals surface area contributed by atoms with Gasteiger partial charge >= 0.3 is 5.97 Å². The second kappa shape index (κ2) is 8.02. The molecule has 0 radical (unpaired) electrons. The Bertz CT molecular complexity index is 279. The number of carbonyl (C=O) groups is 2. The van der Waals surface area contributed by atoms with Crippen molar-refractivity contribution in [1.29, 1.82) is 0 Å². The Hall–Kier alpha value is -1.18. The third-order valence-corrected chi connectivity index (χ3v) is 2.70. The molecule has 3 N–H and O–H groups in total. The summed E-state index contributed by atoms with van der Waals surface area (Å²) in [5.74, 6) is -1.55. The third-order valence-electron chi connectivity index (χ3n) is 2.70. The van der Waals surface area contributed by atoms with Gasteiger partial charge in [-0.15, -0.1) is 0 Å². The Morgan fingerprint density at radius 3 is 2.67 bits per heavy atom. The summed E-state index contributed by atoms with van der Waals surface area (Å²) in [7, 11) is 1.38. The minimum absolute atomic E-state index is 0.0611. The number of carboxylic acid groups (broad SMARTS) is 1. The lowest BCUT2D eigenvalue weighted by molar-refractivity contribution is -0.144.